The fraction of sp³-hybridized carbons (Fsp3) is 0.318. The van der Waals surface area contributed by atoms with Gasteiger partial charge in [-0.2, -0.15) is 0 Å². The molecule has 2 unspecified atom stereocenters. The van der Waals surface area contributed by atoms with Gasteiger partial charge in [0.05, 0.1) is 57.2 Å². The molecule has 0 heterocycles. The zero-order valence-corrected chi connectivity index (χ0v) is 19.1. The van der Waals surface area contributed by atoms with Crippen LogP contribution in [0, 0.1) is 0 Å². The first-order chi connectivity index (χ1) is 15.4. The molecular weight excluding hydrogens is 438 g/mol. The summed E-state index contributed by atoms with van der Waals surface area (Å²) in [4.78, 5) is 11.9. The Morgan fingerprint density at radius 2 is 1.62 bits per heavy atom. The van der Waals surface area contributed by atoms with Crippen LogP contribution in [0.15, 0.2) is 35.7 Å². The van der Waals surface area contributed by atoms with Crippen LogP contribution >= 0.6 is 0 Å². The van der Waals surface area contributed by atoms with Crippen LogP contribution in [0.4, 0.5) is 0 Å². The molecule has 0 bridgehead atoms. The summed E-state index contributed by atoms with van der Waals surface area (Å²) in [6.07, 6.45) is 1.65. The Balaban J connectivity index is 2.22. The normalized spacial score (nSPS) is 12.8. The van der Waals surface area contributed by atoms with Gasteiger partial charge in [-0.3, -0.25) is 4.21 Å². The third-order valence-corrected chi connectivity index (χ3v) is 5.44. The number of carbonyl (C=O) groups excluding carboxylic acids is 1. The minimum absolute atomic E-state index is 0.123. The van der Waals surface area contributed by atoms with Gasteiger partial charge in [-0.25, -0.2) is 4.79 Å². The Morgan fingerprint density at radius 3 is 2.16 bits per heavy atom. The van der Waals surface area contributed by atoms with E-state index in [4.69, 9.17) is 34.5 Å². The number of benzene rings is 2. The number of rotatable bonds is 11. The molecule has 3 N–H and O–H groups in total. The average Bonchev–Trinajstić information content (AvgIpc) is 2.81. The van der Waals surface area contributed by atoms with Crippen molar-refractivity contribution in [2.24, 2.45) is 5.73 Å². The van der Waals surface area contributed by atoms with Crippen LogP contribution in [0.25, 0.3) is 6.08 Å². The molecular formula is C22H27NO8S. The standard InChI is InChI=1S/C22H27NO8S/c1-27-15-10-19(29-3)16(20(11-15)30-4)7-8-32(26)13-14-5-6-18(28-2)21(9-14)31-22(25)17(23)12-24/h5-11,17,24H,12-13,23H2,1-4H3/b8-7+. The molecule has 9 nitrogen and oxygen atoms in total. The van der Waals surface area contributed by atoms with Gasteiger partial charge in [0.15, 0.2) is 11.5 Å². The molecule has 0 radical (unpaired) electrons. The molecule has 0 aromatic heterocycles. The van der Waals surface area contributed by atoms with Crippen molar-refractivity contribution in [3.63, 3.8) is 0 Å². The third-order valence-electron chi connectivity index (χ3n) is 4.39. The van der Waals surface area contributed by atoms with E-state index in [0.717, 1.165) is 0 Å². The van der Waals surface area contributed by atoms with Crippen molar-refractivity contribution in [1.29, 1.82) is 0 Å². The number of hydrogen-bond donors (Lipinski definition) is 2. The van der Waals surface area contributed by atoms with E-state index < -0.39 is 29.4 Å². The molecule has 0 saturated heterocycles. The van der Waals surface area contributed by atoms with Crippen molar-refractivity contribution in [3.8, 4) is 28.7 Å². The van der Waals surface area contributed by atoms with E-state index in [9.17, 15) is 9.00 Å². The van der Waals surface area contributed by atoms with Crippen LogP contribution in [-0.2, 0) is 21.3 Å². The van der Waals surface area contributed by atoms with E-state index in [1.54, 1.807) is 36.4 Å². The smallest absolute Gasteiger partial charge is 0.330 e. The van der Waals surface area contributed by atoms with Crippen molar-refractivity contribution in [2.75, 3.05) is 35.0 Å². The predicted molar refractivity (Wildman–Crippen MR) is 121 cm³/mol. The van der Waals surface area contributed by atoms with Gasteiger partial charge in [-0.1, -0.05) is 6.07 Å². The zero-order chi connectivity index (χ0) is 23.7. The predicted octanol–water partition coefficient (Wildman–Crippen LogP) is 1.87. The molecule has 10 heteroatoms. The lowest BCUT2D eigenvalue weighted by molar-refractivity contribution is -0.136. The van der Waals surface area contributed by atoms with Crippen molar-refractivity contribution >= 4 is 22.8 Å². The Kier molecular flexibility index (Phi) is 9.51. The number of aliphatic hydroxyl groups excluding tert-OH is 1. The van der Waals surface area contributed by atoms with Crippen molar-refractivity contribution < 1.29 is 37.8 Å². The van der Waals surface area contributed by atoms with E-state index in [-0.39, 0.29) is 11.5 Å². The van der Waals surface area contributed by atoms with Crippen LogP contribution in [0.5, 0.6) is 28.7 Å². The van der Waals surface area contributed by atoms with Crippen LogP contribution < -0.4 is 29.4 Å². The second-order valence-electron chi connectivity index (χ2n) is 6.47. The molecule has 0 amide bonds. The van der Waals surface area contributed by atoms with Crippen LogP contribution in [0.1, 0.15) is 11.1 Å². The lowest BCUT2D eigenvalue weighted by atomic mass is 10.1. The SMILES string of the molecule is COc1cc(OC)c(/C=C/S(=O)Cc2ccc(OC)c(OC(=O)C(N)CO)c2)c(OC)c1. The minimum Gasteiger partial charge on any atom is -0.496 e. The monoisotopic (exact) mass is 465 g/mol. The first-order valence-electron chi connectivity index (χ1n) is 9.47. The van der Waals surface area contributed by atoms with E-state index in [0.29, 0.717) is 34.1 Å². The molecule has 2 aromatic carbocycles. The summed E-state index contributed by atoms with van der Waals surface area (Å²) in [5, 5.41) is 10.5. The number of carbonyl (C=O) groups is 1. The molecule has 32 heavy (non-hydrogen) atoms. The molecule has 2 aromatic rings. The summed E-state index contributed by atoms with van der Waals surface area (Å²) in [6.45, 7) is -0.548. The lowest BCUT2D eigenvalue weighted by Crippen LogP contribution is -2.37. The molecule has 2 rings (SSSR count). The van der Waals surface area contributed by atoms with Crippen LogP contribution in [0.3, 0.4) is 0 Å². The number of aliphatic hydroxyl groups is 1. The third kappa shape index (κ3) is 6.46. The van der Waals surface area contributed by atoms with Gasteiger partial charge in [0.1, 0.15) is 23.3 Å². The summed E-state index contributed by atoms with van der Waals surface area (Å²) in [6, 6.07) is 7.08. The maximum absolute atomic E-state index is 12.7. The summed E-state index contributed by atoms with van der Waals surface area (Å²) in [7, 11) is 4.59. The number of methoxy groups -OCH3 is 4. The Labute approximate surface area is 189 Å². The molecule has 0 aliphatic carbocycles. The number of hydrogen-bond acceptors (Lipinski definition) is 9. The maximum Gasteiger partial charge on any atom is 0.330 e. The first kappa shape index (κ1) is 25.2. The summed E-state index contributed by atoms with van der Waals surface area (Å²) < 4.78 is 39.1. The average molecular weight is 466 g/mol. The molecule has 0 aliphatic heterocycles. The van der Waals surface area contributed by atoms with E-state index >= 15 is 0 Å². The van der Waals surface area contributed by atoms with E-state index in [2.05, 4.69) is 0 Å². The molecule has 0 fully saturated rings. The van der Waals surface area contributed by atoms with Gasteiger partial charge in [-0.15, -0.1) is 0 Å². The second-order valence-corrected chi connectivity index (χ2v) is 7.79. The van der Waals surface area contributed by atoms with Gasteiger partial charge in [-0.05, 0) is 23.8 Å². The van der Waals surface area contributed by atoms with Crippen LogP contribution in [0.2, 0.25) is 0 Å². The van der Waals surface area contributed by atoms with Gasteiger partial charge in [0.2, 0.25) is 0 Å². The molecule has 0 aliphatic rings. The molecule has 174 valence electrons. The molecule has 2 atom stereocenters. The quantitative estimate of drug-likeness (QED) is 0.378. The fourth-order valence-corrected chi connectivity index (χ4v) is 3.59. The second kappa shape index (κ2) is 12.1. The lowest BCUT2D eigenvalue weighted by Gasteiger charge is -2.13. The zero-order valence-electron chi connectivity index (χ0n) is 18.3. The van der Waals surface area contributed by atoms with Gasteiger partial charge >= 0.3 is 5.97 Å². The highest BCUT2D eigenvalue weighted by atomic mass is 32.2. The summed E-state index contributed by atoms with van der Waals surface area (Å²) in [5.74, 6) is 1.36. The Bertz CT molecular complexity index is 967. The number of esters is 1. The van der Waals surface area contributed by atoms with Crippen molar-refractivity contribution in [2.45, 2.75) is 11.8 Å². The van der Waals surface area contributed by atoms with Crippen molar-refractivity contribution in [3.05, 3.63) is 46.9 Å². The van der Waals surface area contributed by atoms with Gasteiger partial charge in [0, 0.05) is 17.5 Å². The van der Waals surface area contributed by atoms with E-state index in [1.165, 1.54) is 33.8 Å². The number of nitrogens with two attached hydrogens (primary N) is 1. The molecule has 0 saturated carbocycles. The Hall–Kier alpha value is -3.08. The highest BCUT2D eigenvalue weighted by Crippen LogP contribution is 2.35. The van der Waals surface area contributed by atoms with Gasteiger partial charge in [0.25, 0.3) is 0 Å². The van der Waals surface area contributed by atoms with E-state index in [1.807, 2.05) is 0 Å². The largest absolute Gasteiger partial charge is 0.496 e. The highest BCUT2D eigenvalue weighted by molar-refractivity contribution is 7.87. The summed E-state index contributed by atoms with van der Waals surface area (Å²) >= 11 is 0. The van der Waals surface area contributed by atoms with Crippen molar-refractivity contribution in [1.82, 2.24) is 0 Å². The van der Waals surface area contributed by atoms with Gasteiger partial charge < -0.3 is 34.5 Å². The summed E-state index contributed by atoms with van der Waals surface area (Å²) in [5.41, 5.74) is 6.74. The first-order valence-corrected chi connectivity index (χ1v) is 10.8. The fourth-order valence-electron chi connectivity index (χ4n) is 2.70. The minimum atomic E-state index is -1.41. The Morgan fingerprint density at radius 1 is 1.00 bits per heavy atom. The number of ether oxygens (including phenoxy) is 5. The topological polar surface area (TPSA) is 127 Å². The maximum atomic E-state index is 12.7. The highest BCUT2D eigenvalue weighted by Gasteiger charge is 2.18. The molecule has 0 spiro atoms. The van der Waals surface area contributed by atoms with Crippen LogP contribution in [-0.4, -0.2) is 56.4 Å².